The molecule has 1 aromatic rings. The van der Waals surface area contributed by atoms with Crippen molar-refractivity contribution in [1.29, 1.82) is 5.26 Å². The summed E-state index contributed by atoms with van der Waals surface area (Å²) in [5, 5.41) is 11.9. The Kier molecular flexibility index (Phi) is 5.13. The predicted octanol–water partition coefficient (Wildman–Crippen LogP) is 3.02. The van der Waals surface area contributed by atoms with Crippen molar-refractivity contribution in [2.24, 2.45) is 0 Å². The van der Waals surface area contributed by atoms with E-state index in [2.05, 4.69) is 5.32 Å². The maximum atomic E-state index is 12.9. The lowest BCUT2D eigenvalue weighted by Crippen LogP contribution is -2.31. The van der Waals surface area contributed by atoms with E-state index < -0.39 is 5.82 Å². The van der Waals surface area contributed by atoms with Crippen LogP contribution >= 0.6 is 23.8 Å². The Morgan fingerprint density at radius 2 is 2.35 bits per heavy atom. The van der Waals surface area contributed by atoms with E-state index in [4.69, 9.17) is 29.1 Å². The number of nitriles is 1. The molecule has 17 heavy (non-hydrogen) atoms. The molecule has 0 aliphatic rings. The number of halogens is 2. The van der Waals surface area contributed by atoms with Gasteiger partial charge in [0.15, 0.2) is 5.11 Å². The highest BCUT2D eigenvalue weighted by Gasteiger charge is 2.06. The van der Waals surface area contributed by atoms with Crippen molar-refractivity contribution < 1.29 is 4.39 Å². The molecular weight excluding hydrogens is 261 g/mol. The largest absolute Gasteiger partial charge is 0.351 e. The third-order valence-electron chi connectivity index (χ3n) is 2.08. The van der Waals surface area contributed by atoms with Crippen LogP contribution in [0.15, 0.2) is 18.2 Å². The van der Waals surface area contributed by atoms with E-state index in [-0.39, 0.29) is 5.02 Å². The van der Waals surface area contributed by atoms with Crippen molar-refractivity contribution in [3.8, 4) is 6.07 Å². The normalized spacial score (nSPS) is 9.53. The molecule has 0 unspecified atom stereocenters. The summed E-state index contributed by atoms with van der Waals surface area (Å²) in [5.41, 5.74) is 0.616. The van der Waals surface area contributed by atoms with Crippen LogP contribution in [0.2, 0.25) is 5.02 Å². The SMILES string of the molecule is CN(CCC#N)C(=S)Nc1ccc(F)c(Cl)c1. The van der Waals surface area contributed by atoms with Crippen LogP contribution in [0.4, 0.5) is 10.1 Å². The van der Waals surface area contributed by atoms with Crippen LogP contribution in [0.1, 0.15) is 6.42 Å². The Labute approximate surface area is 110 Å². The molecule has 0 aliphatic heterocycles. The first-order valence-corrected chi connectivity index (χ1v) is 5.67. The summed E-state index contributed by atoms with van der Waals surface area (Å²) in [5.74, 6) is -0.471. The molecule has 0 fully saturated rings. The highest BCUT2D eigenvalue weighted by atomic mass is 35.5. The zero-order valence-electron chi connectivity index (χ0n) is 9.20. The summed E-state index contributed by atoms with van der Waals surface area (Å²) in [6.45, 7) is 0.539. The van der Waals surface area contributed by atoms with Crippen molar-refractivity contribution in [3.63, 3.8) is 0 Å². The Bertz CT molecular complexity index is 459. The van der Waals surface area contributed by atoms with Gasteiger partial charge in [0.25, 0.3) is 0 Å². The summed E-state index contributed by atoms with van der Waals surface area (Å²) in [6.07, 6.45) is 0.391. The van der Waals surface area contributed by atoms with Gasteiger partial charge in [-0.05, 0) is 30.4 Å². The molecule has 6 heteroatoms. The number of rotatable bonds is 3. The molecule has 0 bridgehead atoms. The fourth-order valence-corrected chi connectivity index (χ4v) is 1.50. The van der Waals surface area contributed by atoms with Gasteiger partial charge in [-0.2, -0.15) is 5.26 Å². The molecule has 0 aromatic heterocycles. The second-order valence-corrected chi connectivity index (χ2v) is 4.18. The highest BCUT2D eigenvalue weighted by molar-refractivity contribution is 7.80. The second-order valence-electron chi connectivity index (χ2n) is 3.39. The lowest BCUT2D eigenvalue weighted by molar-refractivity contribution is 0.523. The van der Waals surface area contributed by atoms with E-state index in [1.54, 1.807) is 18.0 Å². The number of nitrogens with zero attached hydrogens (tertiary/aromatic N) is 2. The van der Waals surface area contributed by atoms with Gasteiger partial charge >= 0.3 is 0 Å². The van der Waals surface area contributed by atoms with Gasteiger partial charge in [0.05, 0.1) is 17.5 Å². The number of hydrogen-bond acceptors (Lipinski definition) is 2. The fraction of sp³-hybridized carbons (Fsp3) is 0.273. The first-order valence-electron chi connectivity index (χ1n) is 4.88. The minimum atomic E-state index is -0.471. The van der Waals surface area contributed by atoms with Gasteiger partial charge in [0, 0.05) is 19.3 Å². The Morgan fingerprint density at radius 3 is 2.94 bits per heavy atom. The van der Waals surface area contributed by atoms with E-state index in [9.17, 15) is 4.39 Å². The van der Waals surface area contributed by atoms with Gasteiger partial charge in [-0.3, -0.25) is 0 Å². The van der Waals surface area contributed by atoms with Gasteiger partial charge in [-0.25, -0.2) is 4.39 Å². The maximum absolute atomic E-state index is 12.9. The van der Waals surface area contributed by atoms with E-state index in [1.807, 2.05) is 6.07 Å². The van der Waals surface area contributed by atoms with Crippen LogP contribution in [0, 0.1) is 17.1 Å². The topological polar surface area (TPSA) is 39.1 Å². The smallest absolute Gasteiger partial charge is 0.173 e. The fourth-order valence-electron chi connectivity index (χ4n) is 1.11. The van der Waals surface area contributed by atoms with Crippen molar-refractivity contribution in [3.05, 3.63) is 29.0 Å². The quantitative estimate of drug-likeness (QED) is 0.858. The monoisotopic (exact) mass is 271 g/mol. The van der Waals surface area contributed by atoms with Crippen LogP contribution < -0.4 is 5.32 Å². The number of anilines is 1. The van der Waals surface area contributed by atoms with E-state index in [0.717, 1.165) is 0 Å². The summed E-state index contributed by atoms with van der Waals surface area (Å²) >= 11 is 10.8. The summed E-state index contributed by atoms with van der Waals surface area (Å²) in [7, 11) is 1.78. The van der Waals surface area contributed by atoms with Gasteiger partial charge in [0.1, 0.15) is 5.82 Å². The van der Waals surface area contributed by atoms with Crippen molar-refractivity contribution in [2.75, 3.05) is 18.9 Å². The summed E-state index contributed by atoms with van der Waals surface area (Å²) < 4.78 is 12.9. The van der Waals surface area contributed by atoms with Gasteiger partial charge in [-0.1, -0.05) is 11.6 Å². The molecule has 90 valence electrons. The van der Waals surface area contributed by atoms with Crippen LogP contribution in [-0.4, -0.2) is 23.6 Å². The van der Waals surface area contributed by atoms with Crippen LogP contribution in [0.5, 0.6) is 0 Å². The molecule has 0 heterocycles. The summed E-state index contributed by atoms with van der Waals surface area (Å²) in [4.78, 5) is 1.73. The first kappa shape index (κ1) is 13.7. The van der Waals surface area contributed by atoms with Gasteiger partial charge in [0.2, 0.25) is 0 Å². The third kappa shape index (κ3) is 4.17. The van der Waals surface area contributed by atoms with E-state index in [0.29, 0.717) is 23.8 Å². The average Bonchev–Trinajstić information content (AvgIpc) is 2.30. The van der Waals surface area contributed by atoms with Gasteiger partial charge in [-0.15, -0.1) is 0 Å². The number of thiocarbonyl (C=S) groups is 1. The van der Waals surface area contributed by atoms with Crippen molar-refractivity contribution in [2.45, 2.75) is 6.42 Å². The van der Waals surface area contributed by atoms with E-state index in [1.165, 1.54) is 12.1 Å². The molecule has 0 amide bonds. The Balaban J connectivity index is 2.62. The molecule has 0 saturated heterocycles. The average molecular weight is 272 g/mol. The minimum Gasteiger partial charge on any atom is -0.351 e. The number of nitrogens with one attached hydrogen (secondary N) is 1. The third-order valence-corrected chi connectivity index (χ3v) is 2.78. The Hall–Kier alpha value is -1.38. The minimum absolute atomic E-state index is 0.0393. The molecule has 1 rings (SSSR count). The van der Waals surface area contributed by atoms with Crippen LogP contribution in [0.3, 0.4) is 0 Å². The zero-order valence-corrected chi connectivity index (χ0v) is 10.8. The Morgan fingerprint density at radius 1 is 1.65 bits per heavy atom. The standard InChI is InChI=1S/C11H11ClFN3S/c1-16(6-2-5-14)11(17)15-8-3-4-10(13)9(12)7-8/h3-4,7H,2,6H2,1H3,(H,15,17). The van der Waals surface area contributed by atoms with Crippen molar-refractivity contribution >= 4 is 34.6 Å². The van der Waals surface area contributed by atoms with Gasteiger partial charge < -0.3 is 10.2 Å². The molecule has 1 N–H and O–H groups in total. The number of benzene rings is 1. The molecule has 0 atom stereocenters. The predicted molar refractivity (Wildman–Crippen MR) is 70.5 cm³/mol. The lowest BCUT2D eigenvalue weighted by atomic mass is 10.3. The van der Waals surface area contributed by atoms with E-state index >= 15 is 0 Å². The second kappa shape index (κ2) is 6.38. The number of hydrogen-bond donors (Lipinski definition) is 1. The molecule has 0 aliphatic carbocycles. The zero-order chi connectivity index (χ0) is 12.8. The van der Waals surface area contributed by atoms with Crippen LogP contribution in [-0.2, 0) is 0 Å². The highest BCUT2D eigenvalue weighted by Crippen LogP contribution is 2.19. The maximum Gasteiger partial charge on any atom is 0.173 e. The molecule has 0 spiro atoms. The molecule has 0 radical (unpaired) electrons. The molecule has 3 nitrogen and oxygen atoms in total. The molecular formula is C11H11ClFN3S. The lowest BCUT2D eigenvalue weighted by Gasteiger charge is -2.19. The summed E-state index contributed by atoms with van der Waals surface area (Å²) in [6, 6.07) is 6.31. The molecule has 0 saturated carbocycles. The molecule has 1 aromatic carbocycles. The first-order chi connectivity index (χ1) is 8.04. The van der Waals surface area contributed by atoms with Crippen molar-refractivity contribution in [1.82, 2.24) is 4.90 Å². The van der Waals surface area contributed by atoms with Crippen LogP contribution in [0.25, 0.3) is 0 Å².